The third kappa shape index (κ3) is 5.61. The van der Waals surface area contributed by atoms with Gasteiger partial charge in [0.2, 0.25) is 5.91 Å². The molecule has 5 heteroatoms. The third-order valence-corrected chi connectivity index (χ3v) is 2.76. The van der Waals surface area contributed by atoms with Crippen molar-refractivity contribution in [3.05, 3.63) is 24.3 Å². The van der Waals surface area contributed by atoms with Gasteiger partial charge in [-0.3, -0.25) is 4.79 Å². The van der Waals surface area contributed by atoms with E-state index in [1.165, 1.54) is 0 Å². The number of benzene rings is 1. The van der Waals surface area contributed by atoms with Crippen molar-refractivity contribution in [1.29, 1.82) is 0 Å². The highest BCUT2D eigenvalue weighted by molar-refractivity contribution is 5.76. The summed E-state index contributed by atoms with van der Waals surface area (Å²) in [5.41, 5.74) is 6.28. The van der Waals surface area contributed by atoms with Crippen LogP contribution in [0.4, 0.5) is 5.69 Å². The maximum absolute atomic E-state index is 11.9. The van der Waals surface area contributed by atoms with Crippen molar-refractivity contribution in [3.63, 3.8) is 0 Å². The zero-order chi connectivity index (χ0) is 14.1. The molecule has 0 aliphatic rings. The summed E-state index contributed by atoms with van der Waals surface area (Å²) in [7, 11) is 0. The van der Waals surface area contributed by atoms with Crippen LogP contribution in [0.2, 0.25) is 0 Å². The first-order valence-corrected chi connectivity index (χ1v) is 6.54. The number of nitrogen functional groups attached to an aromatic ring is 1. The number of hydrogen-bond donors (Lipinski definition) is 2. The fraction of sp³-hybridized carbons (Fsp3) is 0.500. The van der Waals surface area contributed by atoms with E-state index in [2.05, 4.69) is 0 Å². The van der Waals surface area contributed by atoms with Crippen molar-refractivity contribution in [1.82, 2.24) is 4.90 Å². The van der Waals surface area contributed by atoms with Gasteiger partial charge < -0.3 is 20.5 Å². The highest BCUT2D eigenvalue weighted by Gasteiger charge is 2.10. The molecule has 0 fully saturated rings. The Hall–Kier alpha value is -1.75. The Balaban J connectivity index is 2.33. The molecule has 0 spiro atoms. The van der Waals surface area contributed by atoms with Crippen molar-refractivity contribution >= 4 is 11.6 Å². The summed E-state index contributed by atoms with van der Waals surface area (Å²) in [5, 5.41) is 8.77. The number of aliphatic hydroxyl groups excluding tert-OH is 1. The van der Waals surface area contributed by atoms with Gasteiger partial charge in [0.15, 0.2) is 0 Å². The molecule has 3 N–H and O–H groups in total. The lowest BCUT2D eigenvalue weighted by molar-refractivity contribution is -0.131. The second-order valence-corrected chi connectivity index (χ2v) is 4.22. The molecule has 0 atom stereocenters. The molecule has 0 aliphatic heterocycles. The second-order valence-electron chi connectivity index (χ2n) is 4.22. The average molecular weight is 266 g/mol. The monoisotopic (exact) mass is 266 g/mol. The largest absolute Gasteiger partial charge is 0.493 e. The van der Waals surface area contributed by atoms with E-state index in [-0.39, 0.29) is 12.5 Å². The fourth-order valence-electron chi connectivity index (χ4n) is 1.74. The maximum Gasteiger partial charge on any atom is 0.225 e. The molecule has 1 aromatic rings. The number of aliphatic hydroxyl groups is 1. The topological polar surface area (TPSA) is 75.8 Å². The van der Waals surface area contributed by atoms with Crippen molar-refractivity contribution < 1.29 is 14.6 Å². The zero-order valence-electron chi connectivity index (χ0n) is 11.3. The van der Waals surface area contributed by atoms with Gasteiger partial charge in [-0.2, -0.15) is 0 Å². The Morgan fingerprint density at radius 3 is 2.89 bits per heavy atom. The van der Waals surface area contributed by atoms with Gasteiger partial charge in [-0.1, -0.05) is 6.07 Å². The van der Waals surface area contributed by atoms with Gasteiger partial charge in [0, 0.05) is 31.5 Å². The Kier molecular flexibility index (Phi) is 6.74. The van der Waals surface area contributed by atoms with Gasteiger partial charge >= 0.3 is 0 Å². The van der Waals surface area contributed by atoms with Gasteiger partial charge in [0.05, 0.1) is 13.0 Å². The molecule has 0 saturated carbocycles. The molecular formula is C14H22N2O3. The van der Waals surface area contributed by atoms with E-state index in [1.54, 1.807) is 17.0 Å². The summed E-state index contributed by atoms with van der Waals surface area (Å²) in [6, 6.07) is 7.13. The summed E-state index contributed by atoms with van der Waals surface area (Å²) in [5.74, 6) is 0.714. The Bertz CT molecular complexity index is 396. The number of anilines is 1. The van der Waals surface area contributed by atoms with Gasteiger partial charge in [-0.15, -0.1) is 0 Å². The van der Waals surface area contributed by atoms with E-state index in [0.29, 0.717) is 44.0 Å². The summed E-state index contributed by atoms with van der Waals surface area (Å²) < 4.78 is 5.48. The predicted octanol–water partition coefficient (Wildman–Crippen LogP) is 1.27. The minimum absolute atomic E-state index is 0.0415. The second kappa shape index (κ2) is 8.37. The van der Waals surface area contributed by atoms with E-state index in [9.17, 15) is 4.79 Å². The van der Waals surface area contributed by atoms with Crippen molar-refractivity contribution in [2.75, 3.05) is 32.0 Å². The van der Waals surface area contributed by atoms with Gasteiger partial charge in [-0.05, 0) is 25.5 Å². The standard InChI is InChI=1S/C14H22N2O3/c1-2-16(8-4-9-17)14(18)7-10-19-13-6-3-5-12(15)11-13/h3,5-6,11,17H,2,4,7-10,15H2,1H3. The number of carbonyl (C=O) groups excluding carboxylic acids is 1. The molecular weight excluding hydrogens is 244 g/mol. The number of carbonyl (C=O) groups is 1. The fourth-order valence-corrected chi connectivity index (χ4v) is 1.74. The van der Waals surface area contributed by atoms with Crippen LogP contribution in [0.25, 0.3) is 0 Å². The van der Waals surface area contributed by atoms with Crippen LogP contribution in [0, 0.1) is 0 Å². The summed E-state index contributed by atoms with van der Waals surface area (Å²) in [6.07, 6.45) is 0.934. The SMILES string of the molecule is CCN(CCCO)C(=O)CCOc1cccc(N)c1. The van der Waals surface area contributed by atoms with E-state index < -0.39 is 0 Å². The van der Waals surface area contributed by atoms with Crippen LogP contribution in [0.1, 0.15) is 19.8 Å². The molecule has 1 amide bonds. The lowest BCUT2D eigenvalue weighted by Gasteiger charge is -2.20. The first-order chi connectivity index (χ1) is 9.17. The summed E-state index contributed by atoms with van der Waals surface area (Å²) >= 11 is 0. The highest BCUT2D eigenvalue weighted by atomic mass is 16.5. The maximum atomic E-state index is 11.9. The van der Waals surface area contributed by atoms with Crippen molar-refractivity contribution in [2.45, 2.75) is 19.8 Å². The molecule has 0 aliphatic carbocycles. The first kappa shape index (κ1) is 15.3. The normalized spacial score (nSPS) is 10.2. The molecule has 0 aromatic heterocycles. The van der Waals surface area contributed by atoms with Crippen LogP contribution in [-0.4, -0.2) is 42.2 Å². The molecule has 0 bridgehead atoms. The zero-order valence-corrected chi connectivity index (χ0v) is 11.3. The van der Waals surface area contributed by atoms with Crippen molar-refractivity contribution in [3.8, 4) is 5.75 Å². The van der Waals surface area contributed by atoms with Gasteiger partial charge in [0.25, 0.3) is 0 Å². The number of nitrogens with zero attached hydrogens (tertiary/aromatic N) is 1. The quantitative estimate of drug-likeness (QED) is 0.695. The number of rotatable bonds is 8. The van der Waals surface area contributed by atoms with E-state index in [1.807, 2.05) is 19.1 Å². The number of ether oxygens (including phenoxy) is 1. The Morgan fingerprint density at radius 2 is 2.26 bits per heavy atom. The molecule has 106 valence electrons. The van der Waals surface area contributed by atoms with Crippen LogP contribution in [0.5, 0.6) is 5.75 Å². The van der Waals surface area contributed by atoms with Crippen molar-refractivity contribution in [2.24, 2.45) is 0 Å². The molecule has 0 heterocycles. The average Bonchev–Trinajstić information content (AvgIpc) is 2.39. The summed E-state index contributed by atoms with van der Waals surface area (Å²) in [4.78, 5) is 13.6. The minimum Gasteiger partial charge on any atom is -0.493 e. The van der Waals surface area contributed by atoms with E-state index in [0.717, 1.165) is 0 Å². The molecule has 19 heavy (non-hydrogen) atoms. The van der Waals surface area contributed by atoms with Crippen LogP contribution in [0.15, 0.2) is 24.3 Å². The molecule has 1 aromatic carbocycles. The van der Waals surface area contributed by atoms with E-state index >= 15 is 0 Å². The molecule has 1 rings (SSSR count). The van der Waals surface area contributed by atoms with Gasteiger partial charge in [0.1, 0.15) is 5.75 Å². The van der Waals surface area contributed by atoms with Crippen LogP contribution in [-0.2, 0) is 4.79 Å². The van der Waals surface area contributed by atoms with Crippen LogP contribution >= 0.6 is 0 Å². The number of amides is 1. The Morgan fingerprint density at radius 1 is 1.47 bits per heavy atom. The molecule has 0 unspecified atom stereocenters. The first-order valence-electron chi connectivity index (χ1n) is 6.54. The summed E-state index contributed by atoms with van der Waals surface area (Å²) in [6.45, 7) is 3.59. The lowest BCUT2D eigenvalue weighted by atomic mass is 10.3. The predicted molar refractivity (Wildman–Crippen MR) is 74.9 cm³/mol. The highest BCUT2D eigenvalue weighted by Crippen LogP contribution is 2.14. The molecule has 0 saturated heterocycles. The number of nitrogens with two attached hydrogens (primary N) is 1. The van der Waals surface area contributed by atoms with Crippen LogP contribution in [0.3, 0.4) is 0 Å². The van der Waals surface area contributed by atoms with Crippen LogP contribution < -0.4 is 10.5 Å². The smallest absolute Gasteiger partial charge is 0.225 e. The Labute approximate surface area is 114 Å². The lowest BCUT2D eigenvalue weighted by Crippen LogP contribution is -2.33. The molecule has 0 radical (unpaired) electrons. The van der Waals surface area contributed by atoms with E-state index in [4.69, 9.17) is 15.6 Å². The minimum atomic E-state index is 0.0415. The van der Waals surface area contributed by atoms with Gasteiger partial charge in [-0.25, -0.2) is 0 Å². The molecule has 5 nitrogen and oxygen atoms in total. The third-order valence-electron chi connectivity index (χ3n) is 2.76. The number of hydrogen-bond acceptors (Lipinski definition) is 4.